The van der Waals surface area contributed by atoms with Crippen molar-refractivity contribution in [2.75, 3.05) is 0 Å². The molecule has 1 N–H and O–H groups in total. The number of aliphatic carboxylic acids is 1. The van der Waals surface area contributed by atoms with Crippen molar-refractivity contribution >= 4 is 5.97 Å². The molecule has 0 atom stereocenters. The molecule has 0 amide bonds. The molecule has 62 valence electrons. The first-order valence-corrected chi connectivity index (χ1v) is 4.39. The molecule has 2 heteroatoms. The summed E-state index contributed by atoms with van der Waals surface area (Å²) in [6.07, 6.45) is 4.55. The number of carbonyl (C=O) groups is 1. The maximum Gasteiger partial charge on any atom is 0.309 e. The van der Waals surface area contributed by atoms with Gasteiger partial charge in [-0.1, -0.05) is 0 Å². The van der Waals surface area contributed by atoms with Gasteiger partial charge in [-0.3, -0.25) is 4.79 Å². The van der Waals surface area contributed by atoms with E-state index in [1.807, 2.05) is 6.92 Å². The molecule has 11 heavy (non-hydrogen) atoms. The third-order valence-electron chi connectivity index (χ3n) is 3.31. The van der Waals surface area contributed by atoms with Crippen LogP contribution in [0.3, 0.4) is 0 Å². The van der Waals surface area contributed by atoms with Crippen molar-refractivity contribution in [2.24, 2.45) is 17.3 Å². The molecule has 0 aromatic heterocycles. The number of hydrogen-bond donors (Lipinski definition) is 1. The molecular formula is C9H14O2. The highest BCUT2D eigenvalue weighted by Crippen LogP contribution is 2.57. The Morgan fingerprint density at radius 1 is 1.27 bits per heavy atom. The summed E-state index contributed by atoms with van der Waals surface area (Å²) in [6.45, 7) is 1.94. The van der Waals surface area contributed by atoms with Gasteiger partial charge in [0.25, 0.3) is 0 Å². The van der Waals surface area contributed by atoms with Crippen molar-refractivity contribution in [1.29, 1.82) is 0 Å². The van der Waals surface area contributed by atoms with E-state index in [1.165, 1.54) is 0 Å². The lowest BCUT2D eigenvalue weighted by Crippen LogP contribution is -2.32. The van der Waals surface area contributed by atoms with Gasteiger partial charge in [0.2, 0.25) is 0 Å². The van der Waals surface area contributed by atoms with Crippen LogP contribution in [0.15, 0.2) is 0 Å². The molecule has 2 saturated carbocycles. The zero-order chi connectivity index (χ0) is 8.06. The smallest absolute Gasteiger partial charge is 0.309 e. The predicted octanol–water partition coefficient (Wildman–Crippen LogP) is 1.90. The molecule has 0 bridgehead atoms. The highest BCUT2D eigenvalue weighted by molar-refractivity contribution is 5.76. The standard InChI is InChI=1S/C9H14O2/c1-9(8(10)11,6-2-3-6)7-4-5-7/h6-7H,2-5H2,1H3,(H,10,11). The summed E-state index contributed by atoms with van der Waals surface area (Å²) in [4.78, 5) is 11.0. The topological polar surface area (TPSA) is 37.3 Å². The van der Waals surface area contributed by atoms with Crippen molar-refractivity contribution in [1.82, 2.24) is 0 Å². The minimum absolute atomic E-state index is 0.361. The van der Waals surface area contributed by atoms with Crippen LogP contribution in [-0.4, -0.2) is 11.1 Å². The minimum Gasteiger partial charge on any atom is -0.481 e. The Hall–Kier alpha value is -0.530. The van der Waals surface area contributed by atoms with Crippen LogP contribution >= 0.6 is 0 Å². The first kappa shape index (κ1) is 7.14. The van der Waals surface area contributed by atoms with Crippen molar-refractivity contribution < 1.29 is 9.90 Å². The molecule has 0 aliphatic heterocycles. The van der Waals surface area contributed by atoms with Gasteiger partial charge < -0.3 is 5.11 Å². The number of hydrogen-bond acceptors (Lipinski definition) is 1. The van der Waals surface area contributed by atoms with E-state index in [2.05, 4.69) is 0 Å². The SMILES string of the molecule is CC(C(=O)O)(C1CC1)C1CC1. The van der Waals surface area contributed by atoms with Crippen molar-refractivity contribution in [3.63, 3.8) is 0 Å². The molecule has 2 nitrogen and oxygen atoms in total. The number of rotatable bonds is 3. The van der Waals surface area contributed by atoms with E-state index < -0.39 is 5.97 Å². The number of carboxylic acids is 1. The third-order valence-corrected chi connectivity index (χ3v) is 3.31. The second kappa shape index (κ2) is 1.99. The zero-order valence-electron chi connectivity index (χ0n) is 6.84. The molecular weight excluding hydrogens is 140 g/mol. The first-order chi connectivity index (χ1) is 5.15. The van der Waals surface area contributed by atoms with Crippen LogP contribution in [-0.2, 0) is 4.79 Å². The van der Waals surface area contributed by atoms with Gasteiger partial charge in [-0.05, 0) is 44.4 Å². The Balaban J connectivity index is 2.16. The van der Waals surface area contributed by atoms with Crippen molar-refractivity contribution in [2.45, 2.75) is 32.6 Å². The molecule has 2 aliphatic carbocycles. The van der Waals surface area contributed by atoms with Crippen LogP contribution in [0, 0.1) is 17.3 Å². The summed E-state index contributed by atoms with van der Waals surface area (Å²) in [5, 5.41) is 9.05. The average Bonchev–Trinajstić information content (AvgIpc) is 2.79. The monoisotopic (exact) mass is 154 g/mol. The Labute approximate surface area is 66.6 Å². The molecule has 2 rings (SSSR count). The fourth-order valence-electron chi connectivity index (χ4n) is 2.05. The molecule has 0 spiro atoms. The Morgan fingerprint density at radius 2 is 1.64 bits per heavy atom. The van der Waals surface area contributed by atoms with E-state index in [-0.39, 0.29) is 5.41 Å². The maximum absolute atomic E-state index is 11.0. The van der Waals surface area contributed by atoms with Crippen molar-refractivity contribution in [3.05, 3.63) is 0 Å². The summed E-state index contributed by atoms with van der Waals surface area (Å²) in [5.41, 5.74) is -0.361. The molecule has 0 heterocycles. The van der Waals surface area contributed by atoms with Crippen LogP contribution in [0.25, 0.3) is 0 Å². The van der Waals surface area contributed by atoms with Crippen LogP contribution in [0.2, 0.25) is 0 Å². The fraction of sp³-hybridized carbons (Fsp3) is 0.889. The highest BCUT2D eigenvalue weighted by atomic mass is 16.4. The summed E-state index contributed by atoms with van der Waals surface area (Å²) >= 11 is 0. The van der Waals surface area contributed by atoms with Gasteiger partial charge in [-0.15, -0.1) is 0 Å². The lowest BCUT2D eigenvalue weighted by atomic mass is 9.80. The van der Waals surface area contributed by atoms with E-state index in [9.17, 15) is 4.79 Å². The van der Waals surface area contributed by atoms with E-state index in [0.717, 1.165) is 25.7 Å². The van der Waals surface area contributed by atoms with Crippen LogP contribution in [0.1, 0.15) is 32.6 Å². The largest absolute Gasteiger partial charge is 0.481 e. The van der Waals surface area contributed by atoms with E-state index in [1.54, 1.807) is 0 Å². The fourth-order valence-corrected chi connectivity index (χ4v) is 2.05. The van der Waals surface area contributed by atoms with Crippen LogP contribution in [0.4, 0.5) is 0 Å². The normalized spacial score (nSPS) is 25.2. The number of carboxylic acid groups (broad SMARTS) is 1. The molecule has 2 fully saturated rings. The van der Waals surface area contributed by atoms with E-state index in [4.69, 9.17) is 5.11 Å². The predicted molar refractivity (Wildman–Crippen MR) is 41.2 cm³/mol. The van der Waals surface area contributed by atoms with Gasteiger partial charge in [0.15, 0.2) is 0 Å². The van der Waals surface area contributed by atoms with Crippen LogP contribution in [0.5, 0.6) is 0 Å². The average molecular weight is 154 g/mol. The van der Waals surface area contributed by atoms with Gasteiger partial charge in [-0.25, -0.2) is 0 Å². The highest BCUT2D eigenvalue weighted by Gasteiger charge is 2.55. The zero-order valence-corrected chi connectivity index (χ0v) is 6.84. The second-order valence-electron chi connectivity index (χ2n) is 4.14. The van der Waals surface area contributed by atoms with Gasteiger partial charge in [0, 0.05) is 0 Å². The van der Waals surface area contributed by atoms with Gasteiger partial charge >= 0.3 is 5.97 Å². The minimum atomic E-state index is -0.567. The summed E-state index contributed by atoms with van der Waals surface area (Å²) in [7, 11) is 0. The first-order valence-electron chi connectivity index (χ1n) is 4.39. The third kappa shape index (κ3) is 0.959. The van der Waals surface area contributed by atoms with E-state index >= 15 is 0 Å². The van der Waals surface area contributed by atoms with Gasteiger partial charge in [-0.2, -0.15) is 0 Å². The molecule has 2 aliphatic rings. The quantitative estimate of drug-likeness (QED) is 0.674. The summed E-state index contributed by atoms with van der Waals surface area (Å²) in [5.74, 6) is 0.419. The molecule has 0 radical (unpaired) electrons. The van der Waals surface area contributed by atoms with Gasteiger partial charge in [0.1, 0.15) is 0 Å². The molecule has 0 saturated heterocycles. The van der Waals surface area contributed by atoms with Crippen LogP contribution < -0.4 is 0 Å². The molecule has 0 aromatic carbocycles. The Kier molecular flexibility index (Phi) is 1.29. The Bertz CT molecular complexity index is 178. The second-order valence-corrected chi connectivity index (χ2v) is 4.14. The molecule has 0 aromatic rings. The Morgan fingerprint density at radius 3 is 1.82 bits per heavy atom. The lowest BCUT2D eigenvalue weighted by molar-refractivity contribution is -0.150. The van der Waals surface area contributed by atoms with Crippen molar-refractivity contribution in [3.8, 4) is 0 Å². The van der Waals surface area contributed by atoms with Gasteiger partial charge in [0.05, 0.1) is 5.41 Å². The molecule has 0 unspecified atom stereocenters. The maximum atomic E-state index is 11.0. The summed E-state index contributed by atoms with van der Waals surface area (Å²) in [6, 6.07) is 0. The van der Waals surface area contributed by atoms with E-state index in [0.29, 0.717) is 11.8 Å². The summed E-state index contributed by atoms with van der Waals surface area (Å²) < 4.78 is 0. The lowest BCUT2D eigenvalue weighted by Gasteiger charge is -2.23.